The van der Waals surface area contributed by atoms with E-state index in [9.17, 15) is 0 Å². The number of terminal acetylenes is 1. The van der Waals surface area contributed by atoms with Crippen LogP contribution in [-0.4, -0.2) is 6.61 Å². The van der Waals surface area contributed by atoms with Crippen LogP contribution in [-0.2, 0) is 6.54 Å². The zero-order chi connectivity index (χ0) is 13.5. The second-order valence-corrected chi connectivity index (χ2v) is 4.31. The van der Waals surface area contributed by atoms with Crippen molar-refractivity contribution in [2.75, 3.05) is 11.9 Å². The first-order valence-electron chi connectivity index (χ1n) is 6.24. The van der Waals surface area contributed by atoms with Crippen LogP contribution in [0.4, 0.5) is 5.69 Å². The Labute approximate surface area is 114 Å². The number of benzene rings is 2. The van der Waals surface area contributed by atoms with Gasteiger partial charge >= 0.3 is 0 Å². The lowest BCUT2D eigenvalue weighted by Gasteiger charge is -2.10. The average Bonchev–Trinajstić information content (AvgIpc) is 2.45. The van der Waals surface area contributed by atoms with Gasteiger partial charge in [0.05, 0.1) is 0 Å². The third kappa shape index (κ3) is 3.79. The topological polar surface area (TPSA) is 21.3 Å². The minimum Gasteiger partial charge on any atom is -0.481 e. The molecule has 19 heavy (non-hydrogen) atoms. The number of nitrogens with one attached hydrogen (secondary N) is 1. The predicted molar refractivity (Wildman–Crippen MR) is 79.3 cm³/mol. The van der Waals surface area contributed by atoms with Crippen molar-refractivity contribution in [3.63, 3.8) is 0 Å². The molecule has 0 bridgehead atoms. The Hall–Kier alpha value is -2.40. The summed E-state index contributed by atoms with van der Waals surface area (Å²) in [6, 6.07) is 16.2. The van der Waals surface area contributed by atoms with Gasteiger partial charge < -0.3 is 10.1 Å². The van der Waals surface area contributed by atoms with Crippen LogP contribution in [0.1, 0.15) is 11.1 Å². The summed E-state index contributed by atoms with van der Waals surface area (Å²) in [5.41, 5.74) is 3.61. The van der Waals surface area contributed by atoms with Crippen LogP contribution in [0.25, 0.3) is 0 Å². The van der Waals surface area contributed by atoms with E-state index in [2.05, 4.69) is 30.3 Å². The summed E-state index contributed by atoms with van der Waals surface area (Å²) in [6.07, 6.45) is 5.15. The lowest BCUT2D eigenvalue weighted by molar-refractivity contribution is 0.370. The van der Waals surface area contributed by atoms with Gasteiger partial charge in [0, 0.05) is 12.2 Å². The first-order chi connectivity index (χ1) is 9.29. The summed E-state index contributed by atoms with van der Waals surface area (Å²) < 4.78 is 5.34. The van der Waals surface area contributed by atoms with Crippen molar-refractivity contribution in [2.45, 2.75) is 13.5 Å². The maximum atomic E-state index is 5.34. The van der Waals surface area contributed by atoms with Crippen LogP contribution in [0.5, 0.6) is 5.75 Å². The summed E-state index contributed by atoms with van der Waals surface area (Å²) in [5, 5.41) is 3.42. The standard InChI is InChI=1S/C17H17NO/c1-3-12-19-16-10-8-15(9-11-16)13-18-17-7-5-4-6-14(17)2/h1,4-11,18H,12-13H2,2H3. The Balaban J connectivity index is 1.93. The molecule has 0 saturated heterocycles. The summed E-state index contributed by atoms with van der Waals surface area (Å²) in [4.78, 5) is 0. The first kappa shape index (κ1) is 13.0. The predicted octanol–water partition coefficient (Wildman–Crippen LogP) is 3.62. The van der Waals surface area contributed by atoms with E-state index in [0.29, 0.717) is 6.61 Å². The highest BCUT2D eigenvalue weighted by Crippen LogP contribution is 2.16. The molecule has 1 N–H and O–H groups in total. The van der Waals surface area contributed by atoms with Crippen LogP contribution in [0.2, 0.25) is 0 Å². The summed E-state index contributed by atoms with van der Waals surface area (Å²) >= 11 is 0. The zero-order valence-corrected chi connectivity index (χ0v) is 11.0. The molecule has 0 radical (unpaired) electrons. The van der Waals surface area contributed by atoms with E-state index in [1.165, 1.54) is 11.1 Å². The molecule has 0 aliphatic carbocycles. The Morgan fingerprint density at radius 1 is 1.11 bits per heavy atom. The average molecular weight is 251 g/mol. The number of para-hydroxylation sites is 1. The molecule has 2 heteroatoms. The van der Waals surface area contributed by atoms with Gasteiger partial charge in [0.1, 0.15) is 12.4 Å². The Morgan fingerprint density at radius 2 is 1.84 bits per heavy atom. The van der Waals surface area contributed by atoms with Crippen molar-refractivity contribution < 1.29 is 4.74 Å². The molecule has 0 spiro atoms. The molecule has 96 valence electrons. The molecular weight excluding hydrogens is 234 g/mol. The van der Waals surface area contributed by atoms with E-state index < -0.39 is 0 Å². The van der Waals surface area contributed by atoms with Crippen molar-refractivity contribution in [1.29, 1.82) is 0 Å². The minimum absolute atomic E-state index is 0.306. The van der Waals surface area contributed by atoms with Crippen LogP contribution < -0.4 is 10.1 Å². The van der Waals surface area contributed by atoms with Gasteiger partial charge in [-0.3, -0.25) is 0 Å². The Kier molecular flexibility index (Phi) is 4.47. The third-order valence-electron chi connectivity index (χ3n) is 2.87. The number of rotatable bonds is 5. The fourth-order valence-electron chi connectivity index (χ4n) is 1.80. The molecule has 2 nitrogen and oxygen atoms in total. The fourth-order valence-corrected chi connectivity index (χ4v) is 1.80. The highest BCUT2D eigenvalue weighted by Gasteiger charge is 1.98. The van der Waals surface area contributed by atoms with Crippen LogP contribution in [0, 0.1) is 19.3 Å². The maximum absolute atomic E-state index is 5.34. The van der Waals surface area contributed by atoms with E-state index in [0.717, 1.165) is 18.0 Å². The molecule has 0 saturated carbocycles. The van der Waals surface area contributed by atoms with Gasteiger partial charge in [0.25, 0.3) is 0 Å². The van der Waals surface area contributed by atoms with Crippen LogP contribution >= 0.6 is 0 Å². The largest absolute Gasteiger partial charge is 0.481 e. The number of anilines is 1. The molecular formula is C17H17NO. The SMILES string of the molecule is C#CCOc1ccc(CNc2ccccc2C)cc1. The van der Waals surface area contributed by atoms with Gasteiger partial charge in [-0.2, -0.15) is 0 Å². The van der Waals surface area contributed by atoms with Crippen LogP contribution in [0.15, 0.2) is 48.5 Å². The second kappa shape index (κ2) is 6.51. The van der Waals surface area contributed by atoms with Gasteiger partial charge in [-0.05, 0) is 36.2 Å². The van der Waals surface area contributed by atoms with E-state index in [1.54, 1.807) is 0 Å². The smallest absolute Gasteiger partial charge is 0.148 e. The van der Waals surface area contributed by atoms with Crippen molar-refractivity contribution in [3.8, 4) is 18.1 Å². The van der Waals surface area contributed by atoms with Crippen molar-refractivity contribution in [2.24, 2.45) is 0 Å². The number of hydrogen-bond acceptors (Lipinski definition) is 2. The van der Waals surface area contributed by atoms with E-state index in [1.807, 2.05) is 36.4 Å². The fraction of sp³-hybridized carbons (Fsp3) is 0.176. The molecule has 0 aromatic heterocycles. The molecule has 0 unspecified atom stereocenters. The zero-order valence-electron chi connectivity index (χ0n) is 11.0. The molecule has 0 atom stereocenters. The quantitative estimate of drug-likeness (QED) is 0.819. The summed E-state index contributed by atoms with van der Waals surface area (Å²) in [7, 11) is 0. The second-order valence-electron chi connectivity index (χ2n) is 4.31. The van der Waals surface area contributed by atoms with Gasteiger partial charge in [-0.1, -0.05) is 36.3 Å². The third-order valence-corrected chi connectivity index (χ3v) is 2.87. The van der Waals surface area contributed by atoms with Gasteiger partial charge in [0.15, 0.2) is 0 Å². The lowest BCUT2D eigenvalue weighted by Crippen LogP contribution is -2.01. The molecule has 0 aliphatic rings. The monoisotopic (exact) mass is 251 g/mol. The van der Waals surface area contributed by atoms with E-state index in [4.69, 9.17) is 11.2 Å². The van der Waals surface area contributed by atoms with E-state index >= 15 is 0 Å². The molecule has 0 fully saturated rings. The minimum atomic E-state index is 0.306. The molecule has 0 heterocycles. The lowest BCUT2D eigenvalue weighted by atomic mass is 10.1. The van der Waals surface area contributed by atoms with E-state index in [-0.39, 0.29) is 0 Å². The molecule has 0 amide bonds. The number of hydrogen-bond donors (Lipinski definition) is 1. The molecule has 0 aliphatic heterocycles. The summed E-state index contributed by atoms with van der Waals surface area (Å²) in [6.45, 7) is 3.19. The normalized spacial score (nSPS) is 9.68. The van der Waals surface area contributed by atoms with Crippen molar-refractivity contribution in [3.05, 3.63) is 59.7 Å². The first-order valence-corrected chi connectivity index (χ1v) is 6.24. The number of ether oxygens (including phenoxy) is 1. The van der Waals surface area contributed by atoms with Crippen molar-refractivity contribution >= 4 is 5.69 Å². The highest BCUT2D eigenvalue weighted by molar-refractivity contribution is 5.50. The Morgan fingerprint density at radius 3 is 2.53 bits per heavy atom. The van der Waals surface area contributed by atoms with Gasteiger partial charge in [0.2, 0.25) is 0 Å². The van der Waals surface area contributed by atoms with Crippen LogP contribution in [0.3, 0.4) is 0 Å². The van der Waals surface area contributed by atoms with Gasteiger partial charge in [-0.25, -0.2) is 0 Å². The maximum Gasteiger partial charge on any atom is 0.148 e. The van der Waals surface area contributed by atoms with Crippen molar-refractivity contribution in [1.82, 2.24) is 0 Å². The highest BCUT2D eigenvalue weighted by atomic mass is 16.5. The summed E-state index contributed by atoms with van der Waals surface area (Å²) in [5.74, 6) is 3.25. The van der Waals surface area contributed by atoms with Gasteiger partial charge in [-0.15, -0.1) is 6.42 Å². The molecule has 2 aromatic rings. The molecule has 2 rings (SSSR count). The number of aryl methyl sites for hydroxylation is 1. The Bertz CT molecular complexity index is 567. The molecule has 2 aromatic carbocycles.